The van der Waals surface area contributed by atoms with Crippen LogP contribution in [0, 0.1) is 12.8 Å². The first kappa shape index (κ1) is 21.0. The van der Waals surface area contributed by atoms with E-state index in [2.05, 4.69) is 38.4 Å². The van der Waals surface area contributed by atoms with E-state index in [0.717, 1.165) is 50.6 Å². The summed E-state index contributed by atoms with van der Waals surface area (Å²) in [5, 5.41) is 6.04. The summed E-state index contributed by atoms with van der Waals surface area (Å²) in [5.41, 5.74) is 7.96. The molecular formula is C21H32N6O3. The molecule has 2 aliphatic carbocycles. The third-order valence-electron chi connectivity index (χ3n) is 6.61. The van der Waals surface area contributed by atoms with Gasteiger partial charge in [-0.05, 0) is 57.8 Å². The van der Waals surface area contributed by atoms with Gasteiger partial charge in [-0.25, -0.2) is 10.2 Å². The molecule has 164 valence electrons. The predicted molar refractivity (Wildman–Crippen MR) is 110 cm³/mol. The number of rotatable bonds is 7. The fourth-order valence-electron chi connectivity index (χ4n) is 4.47. The van der Waals surface area contributed by atoms with Crippen molar-refractivity contribution in [3.63, 3.8) is 0 Å². The summed E-state index contributed by atoms with van der Waals surface area (Å²) in [7, 11) is 0. The second-order valence-electron chi connectivity index (χ2n) is 8.94. The molecule has 4 N–H and O–H groups in total. The number of hydrogen-bond acceptors (Lipinski definition) is 7. The maximum absolute atomic E-state index is 12.3. The molecule has 1 aromatic heterocycles. The first-order chi connectivity index (χ1) is 14.4. The maximum Gasteiger partial charge on any atom is 0.407 e. The zero-order valence-corrected chi connectivity index (χ0v) is 17.7. The molecule has 2 saturated carbocycles. The van der Waals surface area contributed by atoms with E-state index in [1.165, 1.54) is 0 Å². The molecule has 0 aromatic carbocycles. The molecular weight excluding hydrogens is 384 g/mol. The molecule has 30 heavy (non-hydrogen) atoms. The molecule has 1 aliphatic heterocycles. The smallest absolute Gasteiger partial charge is 0.407 e. The Kier molecular flexibility index (Phi) is 6.19. The van der Waals surface area contributed by atoms with Gasteiger partial charge in [0.1, 0.15) is 6.10 Å². The summed E-state index contributed by atoms with van der Waals surface area (Å²) in [6, 6.07) is 0.247. The minimum absolute atomic E-state index is 0.0123. The van der Waals surface area contributed by atoms with Gasteiger partial charge in [0.05, 0.1) is 24.0 Å². The number of amides is 2. The third kappa shape index (κ3) is 5.26. The third-order valence-corrected chi connectivity index (χ3v) is 6.61. The fraction of sp³-hybridized carbons (Fsp3) is 0.714. The molecule has 2 amide bonds. The van der Waals surface area contributed by atoms with Gasteiger partial charge in [0.15, 0.2) is 0 Å². The van der Waals surface area contributed by atoms with Crippen molar-refractivity contribution in [2.24, 2.45) is 5.92 Å². The molecule has 4 atom stereocenters. The van der Waals surface area contributed by atoms with Crippen LogP contribution in [0.15, 0.2) is 12.4 Å². The number of nitrogens with zero attached hydrogens (tertiary/aromatic N) is 2. The number of carbonyl (C=O) groups is 2. The Morgan fingerprint density at radius 1 is 1.20 bits per heavy atom. The van der Waals surface area contributed by atoms with E-state index < -0.39 is 0 Å². The van der Waals surface area contributed by atoms with Crippen molar-refractivity contribution < 1.29 is 14.3 Å². The summed E-state index contributed by atoms with van der Waals surface area (Å²) in [6.07, 6.45) is 9.69. The summed E-state index contributed by atoms with van der Waals surface area (Å²) in [5.74, 6) is 0.337. The van der Waals surface area contributed by atoms with E-state index in [4.69, 9.17) is 4.74 Å². The zero-order valence-electron chi connectivity index (χ0n) is 17.7. The lowest BCUT2D eigenvalue weighted by Gasteiger charge is -2.20. The number of ether oxygens (including phenoxy) is 1. The number of hydrazine groups is 1. The van der Waals surface area contributed by atoms with Gasteiger partial charge in [-0.15, -0.1) is 0 Å². The molecule has 0 bridgehead atoms. The van der Waals surface area contributed by atoms with Crippen LogP contribution in [0.4, 0.5) is 4.79 Å². The Hall–Kier alpha value is -2.26. The van der Waals surface area contributed by atoms with Crippen LogP contribution in [0.3, 0.4) is 0 Å². The Morgan fingerprint density at radius 2 is 2.03 bits per heavy atom. The normalized spacial score (nSPS) is 29.4. The molecule has 3 fully saturated rings. The number of aryl methyl sites for hydroxylation is 1. The lowest BCUT2D eigenvalue weighted by molar-refractivity contribution is -0.121. The highest BCUT2D eigenvalue weighted by atomic mass is 16.6. The van der Waals surface area contributed by atoms with Crippen LogP contribution in [-0.2, 0) is 16.0 Å². The van der Waals surface area contributed by atoms with Crippen molar-refractivity contribution in [2.75, 3.05) is 0 Å². The van der Waals surface area contributed by atoms with Crippen LogP contribution in [0.5, 0.6) is 0 Å². The summed E-state index contributed by atoms with van der Waals surface area (Å²) in [6.45, 7) is 3.96. The Morgan fingerprint density at radius 3 is 2.73 bits per heavy atom. The molecule has 9 nitrogen and oxygen atoms in total. The summed E-state index contributed by atoms with van der Waals surface area (Å²) in [4.78, 5) is 32.9. The van der Waals surface area contributed by atoms with Crippen molar-refractivity contribution >= 4 is 12.0 Å². The van der Waals surface area contributed by atoms with Crippen LogP contribution in [-0.4, -0.2) is 45.8 Å². The van der Waals surface area contributed by atoms with E-state index >= 15 is 0 Å². The lowest BCUT2D eigenvalue weighted by atomic mass is 9.96. The predicted octanol–water partition coefficient (Wildman–Crippen LogP) is 1.47. The monoisotopic (exact) mass is 416 g/mol. The molecule has 0 radical (unpaired) electrons. The quantitative estimate of drug-likeness (QED) is 0.532. The van der Waals surface area contributed by atoms with Gasteiger partial charge >= 0.3 is 6.09 Å². The van der Waals surface area contributed by atoms with Crippen LogP contribution < -0.4 is 21.5 Å². The molecule has 0 spiro atoms. The molecule has 1 aromatic rings. The average Bonchev–Trinajstić information content (AvgIpc) is 3.10. The number of alkyl carbamates (subject to hydrolysis) is 1. The number of hydrogen-bond donors (Lipinski definition) is 4. The van der Waals surface area contributed by atoms with Crippen LogP contribution >= 0.6 is 0 Å². The number of carbonyl (C=O) groups excluding carboxylic acids is 2. The molecule has 2 unspecified atom stereocenters. The van der Waals surface area contributed by atoms with E-state index in [9.17, 15) is 9.59 Å². The van der Waals surface area contributed by atoms with Gasteiger partial charge in [-0.2, -0.15) is 0 Å². The lowest BCUT2D eigenvalue weighted by Crippen LogP contribution is -2.45. The maximum atomic E-state index is 12.3. The largest absolute Gasteiger partial charge is 0.446 e. The highest BCUT2D eigenvalue weighted by Crippen LogP contribution is 2.39. The second-order valence-corrected chi connectivity index (χ2v) is 8.94. The van der Waals surface area contributed by atoms with Crippen molar-refractivity contribution in [1.29, 1.82) is 0 Å². The Balaban J connectivity index is 1.18. The Bertz CT molecular complexity index is 767. The van der Waals surface area contributed by atoms with Crippen LogP contribution in [0.2, 0.25) is 0 Å². The first-order valence-corrected chi connectivity index (χ1v) is 11.0. The summed E-state index contributed by atoms with van der Waals surface area (Å²) >= 11 is 0. The highest BCUT2D eigenvalue weighted by molar-refractivity contribution is 5.78. The topological polar surface area (TPSA) is 117 Å². The number of aromatic nitrogens is 2. The van der Waals surface area contributed by atoms with Gasteiger partial charge in [-0.3, -0.25) is 20.2 Å². The van der Waals surface area contributed by atoms with E-state index in [-0.39, 0.29) is 42.3 Å². The first-order valence-electron chi connectivity index (χ1n) is 11.0. The SMILES string of the molecule is CCC1(NC(=O)O[C@@H]2CC[C@H](C3CC(NC(=O)Cc4cnc(C)cn4)NN3)C2)CC1. The van der Waals surface area contributed by atoms with Crippen LogP contribution in [0.1, 0.15) is 63.3 Å². The molecule has 4 rings (SSSR count). The standard InChI is InChI=1S/C21H32N6O3/c1-3-21(6-7-21)25-20(29)30-16-5-4-14(8-16)17-10-18(27-26-17)24-19(28)9-15-12-22-13(2)11-23-15/h11-12,14,16-18,26-27H,3-10H2,1-2H3,(H,24,28)(H,25,29)/t14-,16+,17?,18?/m0/s1. The van der Waals surface area contributed by atoms with Gasteiger partial charge in [0.25, 0.3) is 0 Å². The summed E-state index contributed by atoms with van der Waals surface area (Å²) < 4.78 is 5.66. The highest BCUT2D eigenvalue weighted by Gasteiger charge is 2.43. The second kappa shape index (κ2) is 8.85. The van der Waals surface area contributed by atoms with Crippen molar-refractivity contribution in [3.05, 3.63) is 23.8 Å². The van der Waals surface area contributed by atoms with Gasteiger partial charge in [0, 0.05) is 24.0 Å². The van der Waals surface area contributed by atoms with Crippen molar-refractivity contribution in [3.8, 4) is 0 Å². The van der Waals surface area contributed by atoms with Gasteiger partial charge < -0.3 is 15.4 Å². The van der Waals surface area contributed by atoms with Gasteiger partial charge in [-0.1, -0.05) is 6.92 Å². The fourth-order valence-corrected chi connectivity index (χ4v) is 4.47. The van der Waals surface area contributed by atoms with E-state index in [1.54, 1.807) is 12.4 Å². The van der Waals surface area contributed by atoms with Gasteiger partial charge in [0.2, 0.25) is 5.91 Å². The van der Waals surface area contributed by atoms with Crippen molar-refractivity contribution in [2.45, 2.75) is 89.1 Å². The average molecular weight is 417 g/mol. The molecule has 1 saturated heterocycles. The number of nitrogens with one attached hydrogen (secondary N) is 4. The minimum Gasteiger partial charge on any atom is -0.446 e. The Labute approximate surface area is 177 Å². The van der Waals surface area contributed by atoms with E-state index in [1.807, 2.05) is 6.92 Å². The van der Waals surface area contributed by atoms with Crippen LogP contribution in [0.25, 0.3) is 0 Å². The van der Waals surface area contributed by atoms with E-state index in [0.29, 0.717) is 11.6 Å². The molecule has 9 heteroatoms. The molecule has 3 aliphatic rings. The van der Waals surface area contributed by atoms with Crippen molar-refractivity contribution in [1.82, 2.24) is 31.5 Å². The molecule has 2 heterocycles. The zero-order chi connectivity index (χ0) is 21.1. The minimum atomic E-state index is -0.276.